The van der Waals surface area contributed by atoms with E-state index in [0.29, 0.717) is 11.5 Å². The summed E-state index contributed by atoms with van der Waals surface area (Å²) in [5.41, 5.74) is 5.13. The molecule has 0 unspecified atom stereocenters. The Balaban J connectivity index is 2.49. The molecule has 164 valence electrons. The van der Waals surface area contributed by atoms with Crippen molar-refractivity contribution in [3.63, 3.8) is 0 Å². The first kappa shape index (κ1) is 22.4. The zero-order chi connectivity index (χ0) is 22.5. The molecule has 0 spiro atoms. The van der Waals surface area contributed by atoms with E-state index in [1.165, 1.54) is 0 Å². The second kappa shape index (κ2) is 9.71. The van der Waals surface area contributed by atoms with Crippen LogP contribution in [0.25, 0.3) is 28.2 Å². The second-order valence-corrected chi connectivity index (χ2v) is 7.40. The summed E-state index contributed by atoms with van der Waals surface area (Å²) < 4.78 is 19.0. The Kier molecular flexibility index (Phi) is 7.02. The largest absolute Gasteiger partial charge is 0.493 e. The minimum Gasteiger partial charge on any atom is -0.493 e. The van der Waals surface area contributed by atoms with Gasteiger partial charge in [0, 0.05) is 24.6 Å². The van der Waals surface area contributed by atoms with Gasteiger partial charge in [-0.15, -0.1) is 0 Å². The van der Waals surface area contributed by atoms with Crippen molar-refractivity contribution in [1.29, 1.82) is 0 Å². The lowest BCUT2D eigenvalue weighted by Gasteiger charge is -2.16. The van der Waals surface area contributed by atoms with Crippen LogP contribution in [0.4, 0.5) is 0 Å². The molecule has 0 aliphatic rings. The van der Waals surface area contributed by atoms with E-state index in [1.54, 1.807) is 27.2 Å². The highest BCUT2D eigenvalue weighted by molar-refractivity contribution is 6.04. The predicted octanol–water partition coefficient (Wildman–Crippen LogP) is 5.51. The van der Waals surface area contributed by atoms with Crippen LogP contribution in [0.1, 0.15) is 31.4 Å². The molecule has 3 rings (SSSR count). The molecule has 0 bridgehead atoms. The van der Waals surface area contributed by atoms with Crippen molar-refractivity contribution in [1.82, 2.24) is 4.57 Å². The van der Waals surface area contributed by atoms with E-state index in [2.05, 4.69) is 30.5 Å². The van der Waals surface area contributed by atoms with Crippen LogP contribution >= 0.6 is 0 Å². The average molecular weight is 424 g/mol. The number of ether oxygens (including phenoxy) is 3. The average Bonchev–Trinajstić information content (AvgIpc) is 3.05. The summed E-state index contributed by atoms with van der Waals surface area (Å²) in [5, 5.41) is 10.4. The molecule has 0 radical (unpaired) electrons. The zero-order valence-corrected chi connectivity index (χ0v) is 18.7. The number of methoxy groups -OCH3 is 2. The van der Waals surface area contributed by atoms with Gasteiger partial charge in [-0.05, 0) is 49.1 Å². The summed E-state index contributed by atoms with van der Waals surface area (Å²) in [6, 6.07) is 12.0. The smallest absolute Gasteiger partial charge is 0.331 e. The van der Waals surface area contributed by atoms with Gasteiger partial charge in [0.05, 0.1) is 18.3 Å². The predicted molar refractivity (Wildman–Crippen MR) is 123 cm³/mol. The summed E-state index contributed by atoms with van der Waals surface area (Å²) in [7, 11) is 3.15. The van der Waals surface area contributed by atoms with Crippen LogP contribution in [0.15, 0.2) is 42.0 Å². The first-order valence-corrected chi connectivity index (χ1v) is 10.3. The van der Waals surface area contributed by atoms with Crippen LogP contribution in [0, 0.1) is 6.92 Å². The first-order chi connectivity index (χ1) is 14.9. The summed E-state index contributed by atoms with van der Waals surface area (Å²) in [6.07, 6.45) is 2.61. The third-order valence-electron chi connectivity index (χ3n) is 5.27. The van der Waals surface area contributed by atoms with E-state index in [0.717, 1.165) is 46.3 Å². The maximum atomic E-state index is 11.5. The summed E-state index contributed by atoms with van der Waals surface area (Å²) in [6.45, 7) is 6.63. The monoisotopic (exact) mass is 423 g/mol. The maximum Gasteiger partial charge on any atom is 0.331 e. The minimum atomic E-state index is -0.958. The molecule has 0 fully saturated rings. The SMILES string of the molecule is CCCn1c(-c2ccccc2)c(C)c2c(/C=C(\C)C(=O)O)cc(OC)c(OCOC)c21. The Morgan fingerprint density at radius 2 is 1.90 bits per heavy atom. The van der Waals surface area contributed by atoms with Gasteiger partial charge in [0.2, 0.25) is 0 Å². The lowest BCUT2D eigenvalue weighted by atomic mass is 10.0. The van der Waals surface area contributed by atoms with Gasteiger partial charge < -0.3 is 23.9 Å². The van der Waals surface area contributed by atoms with E-state index in [-0.39, 0.29) is 12.4 Å². The van der Waals surface area contributed by atoms with E-state index >= 15 is 0 Å². The maximum absolute atomic E-state index is 11.5. The van der Waals surface area contributed by atoms with Gasteiger partial charge in [0.1, 0.15) is 0 Å². The van der Waals surface area contributed by atoms with Crippen LogP contribution in [-0.4, -0.2) is 36.7 Å². The Morgan fingerprint density at radius 3 is 2.48 bits per heavy atom. The molecule has 0 saturated heterocycles. The van der Waals surface area contributed by atoms with Crippen LogP contribution in [0.5, 0.6) is 11.5 Å². The number of hydrogen-bond acceptors (Lipinski definition) is 4. The standard InChI is InChI=1S/C25H29NO5/c1-6-12-26-22(18-10-8-7-9-11-18)17(3)21-19(13-16(2)25(27)28)14-20(30-5)24(23(21)26)31-15-29-4/h7-11,13-14H,6,12,15H2,1-5H3,(H,27,28)/b16-13+. The third kappa shape index (κ3) is 4.30. The second-order valence-electron chi connectivity index (χ2n) is 7.40. The van der Waals surface area contributed by atoms with Gasteiger partial charge in [-0.25, -0.2) is 4.79 Å². The topological polar surface area (TPSA) is 69.9 Å². The third-order valence-corrected chi connectivity index (χ3v) is 5.27. The fourth-order valence-electron chi connectivity index (χ4n) is 3.96. The molecular formula is C25H29NO5. The van der Waals surface area contributed by atoms with Crippen molar-refractivity contribution in [2.75, 3.05) is 21.0 Å². The molecule has 1 heterocycles. The van der Waals surface area contributed by atoms with Gasteiger partial charge in [-0.2, -0.15) is 0 Å². The lowest BCUT2D eigenvalue weighted by Crippen LogP contribution is -2.06. The highest BCUT2D eigenvalue weighted by Crippen LogP contribution is 2.45. The number of carboxylic acid groups (broad SMARTS) is 1. The molecular weight excluding hydrogens is 394 g/mol. The Labute approximate surface area is 182 Å². The summed E-state index contributed by atoms with van der Waals surface area (Å²) in [4.78, 5) is 11.5. The number of rotatable bonds is 9. The van der Waals surface area contributed by atoms with Crippen LogP contribution in [-0.2, 0) is 16.1 Å². The van der Waals surface area contributed by atoms with Crippen molar-refractivity contribution in [2.24, 2.45) is 0 Å². The number of aliphatic carboxylic acids is 1. The molecule has 0 aliphatic carbocycles. The number of carbonyl (C=O) groups is 1. The molecule has 3 aromatic rings. The molecule has 0 atom stereocenters. The number of hydrogen-bond donors (Lipinski definition) is 1. The van der Waals surface area contributed by atoms with E-state index in [1.807, 2.05) is 24.3 Å². The quantitative estimate of drug-likeness (QED) is 0.363. The van der Waals surface area contributed by atoms with Gasteiger partial charge in [-0.3, -0.25) is 0 Å². The number of carboxylic acids is 1. The van der Waals surface area contributed by atoms with Crippen LogP contribution < -0.4 is 9.47 Å². The van der Waals surface area contributed by atoms with Crippen molar-refractivity contribution in [3.8, 4) is 22.8 Å². The van der Waals surface area contributed by atoms with Gasteiger partial charge in [-0.1, -0.05) is 37.3 Å². The molecule has 0 amide bonds. The minimum absolute atomic E-state index is 0.0752. The van der Waals surface area contributed by atoms with Crippen molar-refractivity contribution in [2.45, 2.75) is 33.7 Å². The highest BCUT2D eigenvalue weighted by Gasteiger charge is 2.24. The number of nitrogens with zero attached hydrogens (tertiary/aromatic N) is 1. The van der Waals surface area contributed by atoms with Crippen molar-refractivity contribution >= 4 is 22.9 Å². The highest BCUT2D eigenvalue weighted by atomic mass is 16.7. The first-order valence-electron chi connectivity index (χ1n) is 10.3. The van der Waals surface area contributed by atoms with Crippen LogP contribution in [0.2, 0.25) is 0 Å². The van der Waals surface area contributed by atoms with Gasteiger partial charge in [0.15, 0.2) is 18.3 Å². The number of aromatic nitrogens is 1. The Morgan fingerprint density at radius 1 is 1.19 bits per heavy atom. The van der Waals surface area contributed by atoms with Crippen LogP contribution in [0.3, 0.4) is 0 Å². The number of benzene rings is 2. The summed E-state index contributed by atoms with van der Waals surface area (Å²) in [5.74, 6) is 0.160. The van der Waals surface area contributed by atoms with E-state index in [9.17, 15) is 9.90 Å². The van der Waals surface area contributed by atoms with Crippen molar-refractivity contribution < 1.29 is 24.1 Å². The number of aryl methyl sites for hydroxylation is 2. The zero-order valence-electron chi connectivity index (χ0n) is 18.7. The molecule has 6 nitrogen and oxygen atoms in total. The van der Waals surface area contributed by atoms with Gasteiger partial charge >= 0.3 is 5.97 Å². The fourth-order valence-corrected chi connectivity index (χ4v) is 3.96. The number of fused-ring (bicyclic) bond motifs is 1. The molecule has 31 heavy (non-hydrogen) atoms. The fraction of sp³-hybridized carbons (Fsp3) is 0.320. The Bertz CT molecular complexity index is 1110. The lowest BCUT2D eigenvalue weighted by molar-refractivity contribution is -0.132. The molecule has 0 aliphatic heterocycles. The van der Waals surface area contributed by atoms with Crippen molar-refractivity contribution in [3.05, 3.63) is 53.1 Å². The molecule has 1 aromatic heterocycles. The normalized spacial score (nSPS) is 11.7. The summed E-state index contributed by atoms with van der Waals surface area (Å²) >= 11 is 0. The molecule has 1 N–H and O–H groups in total. The molecule has 6 heteroatoms. The van der Waals surface area contributed by atoms with Gasteiger partial charge in [0.25, 0.3) is 0 Å². The molecule has 0 saturated carbocycles. The van der Waals surface area contributed by atoms with E-state index < -0.39 is 5.97 Å². The molecule has 2 aromatic carbocycles. The Hall–Kier alpha value is -3.25. The van der Waals surface area contributed by atoms with E-state index in [4.69, 9.17) is 14.2 Å².